The van der Waals surface area contributed by atoms with Crippen molar-refractivity contribution in [1.82, 2.24) is 18.7 Å². The van der Waals surface area contributed by atoms with E-state index in [1.807, 2.05) is 66.7 Å². The summed E-state index contributed by atoms with van der Waals surface area (Å²) in [5.74, 6) is -0.464. The van der Waals surface area contributed by atoms with E-state index < -0.39 is 5.91 Å². The second kappa shape index (κ2) is 10.4. The first kappa shape index (κ1) is 26.1. The first-order chi connectivity index (χ1) is 19.3. The lowest BCUT2D eigenvalue weighted by molar-refractivity contribution is -0.113. The van der Waals surface area contributed by atoms with Gasteiger partial charge in [-0.15, -0.1) is 0 Å². The van der Waals surface area contributed by atoms with Crippen molar-refractivity contribution in [3.63, 3.8) is 0 Å². The molecule has 0 spiro atoms. The monoisotopic (exact) mass is 583 g/mol. The first-order valence-corrected chi connectivity index (χ1v) is 14.3. The minimum absolute atomic E-state index is 0.185. The van der Waals surface area contributed by atoms with Gasteiger partial charge in [0.2, 0.25) is 0 Å². The van der Waals surface area contributed by atoms with Gasteiger partial charge < -0.3 is 0 Å². The molecule has 0 saturated carbocycles. The Kier molecular flexibility index (Phi) is 6.78. The molecular weight excluding hydrogens is 563 g/mol. The fourth-order valence-corrected chi connectivity index (χ4v) is 6.65. The zero-order chi connectivity index (χ0) is 28.0. The number of anilines is 1. The molecule has 6 rings (SSSR count). The molecule has 4 heterocycles. The zero-order valence-corrected chi connectivity index (χ0v) is 23.8. The van der Waals surface area contributed by atoms with E-state index in [1.54, 1.807) is 37.0 Å². The summed E-state index contributed by atoms with van der Waals surface area (Å²) in [5.41, 5.74) is 1.53. The fraction of sp³-hybridized carbons (Fsp3) is 0.0690. The molecule has 1 aliphatic rings. The molecule has 0 N–H and O–H groups in total. The van der Waals surface area contributed by atoms with E-state index in [2.05, 4.69) is 0 Å². The maximum Gasteiger partial charge on any atom is 0.296 e. The number of carbonyl (C=O) groups excluding carboxylic acids is 1. The lowest BCUT2D eigenvalue weighted by Gasteiger charge is -2.12. The summed E-state index contributed by atoms with van der Waals surface area (Å²) < 4.78 is 4.86. The van der Waals surface area contributed by atoms with Crippen molar-refractivity contribution in [2.24, 2.45) is 7.05 Å². The number of para-hydroxylation sites is 1. The van der Waals surface area contributed by atoms with Crippen LogP contribution in [-0.4, -0.2) is 29.0 Å². The summed E-state index contributed by atoms with van der Waals surface area (Å²) in [7, 11) is 1.76. The van der Waals surface area contributed by atoms with Crippen LogP contribution in [0.4, 0.5) is 5.69 Å². The van der Waals surface area contributed by atoms with Crippen LogP contribution in [-0.2, 0) is 11.8 Å². The van der Waals surface area contributed by atoms with E-state index in [-0.39, 0.29) is 31.6 Å². The molecule has 40 heavy (non-hydrogen) atoms. The summed E-state index contributed by atoms with van der Waals surface area (Å²) >= 11 is 7.99. The SMILES string of the molecule is Cc1c(N2C(=O)/C(=C\c3c(Sc4ccccc4)nc4ccccn4c3=O)SC2=S)c(=O)n(-c2ccccc2)n1C. The molecule has 0 unspecified atom stereocenters. The largest absolute Gasteiger partial charge is 0.296 e. The van der Waals surface area contributed by atoms with Crippen LogP contribution in [0.5, 0.6) is 0 Å². The molecule has 3 aromatic heterocycles. The van der Waals surface area contributed by atoms with E-state index >= 15 is 0 Å². The van der Waals surface area contributed by atoms with Gasteiger partial charge in [0.05, 0.1) is 21.8 Å². The second-order valence-electron chi connectivity index (χ2n) is 8.91. The Balaban J connectivity index is 1.46. The molecule has 198 valence electrons. The minimum Gasteiger partial charge on any atom is -0.283 e. The summed E-state index contributed by atoms with van der Waals surface area (Å²) in [6, 6.07) is 24.1. The number of nitrogens with zero attached hydrogens (tertiary/aromatic N) is 5. The Hall–Kier alpha value is -4.19. The van der Waals surface area contributed by atoms with Crippen LogP contribution in [0, 0.1) is 6.92 Å². The number of carbonyl (C=O) groups is 1. The smallest absolute Gasteiger partial charge is 0.283 e. The summed E-state index contributed by atoms with van der Waals surface area (Å²) in [5, 5.41) is 0.468. The quantitative estimate of drug-likeness (QED) is 0.163. The Labute approximate surface area is 242 Å². The van der Waals surface area contributed by atoms with Crippen LogP contribution in [0.3, 0.4) is 0 Å². The second-order valence-corrected chi connectivity index (χ2v) is 11.6. The van der Waals surface area contributed by atoms with Gasteiger partial charge in [0.1, 0.15) is 16.4 Å². The Morgan fingerprint density at radius 1 is 0.900 bits per heavy atom. The van der Waals surface area contributed by atoms with Gasteiger partial charge in [0.25, 0.3) is 17.0 Å². The normalized spacial score (nSPS) is 14.6. The Bertz CT molecular complexity index is 1960. The van der Waals surface area contributed by atoms with E-state index in [1.165, 1.54) is 31.8 Å². The number of pyridine rings is 1. The van der Waals surface area contributed by atoms with E-state index in [9.17, 15) is 14.4 Å². The fourth-order valence-electron chi connectivity index (χ4n) is 4.49. The third kappa shape index (κ3) is 4.41. The number of thioether (sulfide) groups is 1. The lowest BCUT2D eigenvalue weighted by Crippen LogP contribution is -2.33. The van der Waals surface area contributed by atoms with Gasteiger partial charge in [-0.3, -0.25) is 28.4 Å². The van der Waals surface area contributed by atoms with E-state index in [4.69, 9.17) is 17.2 Å². The van der Waals surface area contributed by atoms with Gasteiger partial charge in [0, 0.05) is 18.1 Å². The summed E-state index contributed by atoms with van der Waals surface area (Å²) in [6.45, 7) is 1.77. The molecule has 1 amide bonds. The molecule has 1 saturated heterocycles. The van der Waals surface area contributed by atoms with E-state index in [0.29, 0.717) is 22.1 Å². The highest BCUT2D eigenvalue weighted by atomic mass is 32.2. The number of hydrogen-bond acceptors (Lipinski definition) is 7. The minimum atomic E-state index is -0.464. The number of benzene rings is 2. The molecule has 2 aromatic carbocycles. The van der Waals surface area contributed by atoms with Gasteiger partial charge in [-0.1, -0.05) is 78.2 Å². The molecule has 0 bridgehead atoms. The number of aromatic nitrogens is 4. The van der Waals surface area contributed by atoms with Crippen molar-refractivity contribution in [3.8, 4) is 5.69 Å². The molecular formula is C29H21N5O3S3. The molecule has 0 radical (unpaired) electrons. The van der Waals surface area contributed by atoms with Crippen molar-refractivity contribution in [2.75, 3.05) is 4.90 Å². The highest BCUT2D eigenvalue weighted by Crippen LogP contribution is 2.37. The topological polar surface area (TPSA) is 81.6 Å². The molecule has 8 nitrogen and oxygen atoms in total. The maximum atomic E-state index is 13.8. The average molecular weight is 584 g/mol. The van der Waals surface area contributed by atoms with Crippen LogP contribution in [0.25, 0.3) is 17.4 Å². The number of thiocarbonyl (C=S) groups is 1. The lowest BCUT2D eigenvalue weighted by atomic mass is 10.2. The third-order valence-electron chi connectivity index (χ3n) is 6.51. The van der Waals surface area contributed by atoms with Crippen LogP contribution in [0.1, 0.15) is 11.3 Å². The van der Waals surface area contributed by atoms with E-state index in [0.717, 1.165) is 16.7 Å². The zero-order valence-electron chi connectivity index (χ0n) is 21.3. The predicted octanol–water partition coefficient (Wildman–Crippen LogP) is 5.05. The highest BCUT2D eigenvalue weighted by Gasteiger charge is 2.38. The van der Waals surface area contributed by atoms with Crippen molar-refractivity contribution in [2.45, 2.75) is 16.8 Å². The summed E-state index contributed by atoms with van der Waals surface area (Å²) in [4.78, 5) is 48.1. The molecule has 5 aromatic rings. The highest BCUT2D eigenvalue weighted by molar-refractivity contribution is 8.27. The van der Waals surface area contributed by atoms with Crippen molar-refractivity contribution in [3.05, 3.63) is 122 Å². The number of amides is 1. The van der Waals surface area contributed by atoms with Gasteiger partial charge >= 0.3 is 0 Å². The van der Waals surface area contributed by atoms with Crippen molar-refractivity contribution < 1.29 is 4.79 Å². The van der Waals surface area contributed by atoms with Gasteiger partial charge in [-0.25, -0.2) is 9.67 Å². The number of fused-ring (bicyclic) bond motifs is 1. The summed E-state index contributed by atoms with van der Waals surface area (Å²) in [6.07, 6.45) is 3.18. The maximum absolute atomic E-state index is 13.8. The molecule has 1 fully saturated rings. The van der Waals surface area contributed by atoms with Crippen molar-refractivity contribution in [1.29, 1.82) is 0 Å². The van der Waals surface area contributed by atoms with Crippen LogP contribution < -0.4 is 16.0 Å². The number of rotatable bonds is 5. The molecule has 11 heteroatoms. The van der Waals surface area contributed by atoms with Crippen molar-refractivity contribution >= 4 is 63.4 Å². The van der Waals surface area contributed by atoms with Gasteiger partial charge in [-0.05, 0) is 49.4 Å². The van der Waals surface area contributed by atoms with Crippen LogP contribution in [0.2, 0.25) is 0 Å². The molecule has 0 atom stereocenters. The number of hydrogen-bond donors (Lipinski definition) is 0. The average Bonchev–Trinajstić information content (AvgIpc) is 3.36. The Morgan fingerprint density at radius 2 is 1.57 bits per heavy atom. The standard InChI is InChI=1S/C29H21N5O3S3/c1-18-24(28(37)34(31(18)2)19-11-5-3-6-12-19)33-27(36)22(40-29(33)38)17-21-25(39-20-13-7-4-8-14-20)30-23-15-9-10-16-32(23)26(21)35/h3-17H,1-2H3/b22-17+. The van der Waals surface area contributed by atoms with Gasteiger partial charge in [0.15, 0.2) is 4.32 Å². The van der Waals surface area contributed by atoms with Crippen LogP contribution in [0.15, 0.2) is 109 Å². The molecule has 0 aliphatic carbocycles. The van der Waals surface area contributed by atoms with Crippen LogP contribution >= 0.6 is 35.7 Å². The first-order valence-electron chi connectivity index (χ1n) is 12.2. The van der Waals surface area contributed by atoms with Gasteiger partial charge in [-0.2, -0.15) is 0 Å². The molecule has 1 aliphatic heterocycles. The third-order valence-corrected chi connectivity index (χ3v) is 8.82. The predicted molar refractivity (Wildman–Crippen MR) is 163 cm³/mol. The Morgan fingerprint density at radius 3 is 2.30 bits per heavy atom.